The zero-order valence-electron chi connectivity index (χ0n) is 9.67. The van der Waals surface area contributed by atoms with Crippen LogP contribution in [0.1, 0.15) is 25.8 Å². The molecule has 1 aromatic rings. The minimum atomic E-state index is -0.837. The number of rotatable bonds is 6. The van der Waals surface area contributed by atoms with Crippen LogP contribution in [0.15, 0.2) is 5.38 Å². The Balaban J connectivity index is 2.58. The lowest BCUT2D eigenvalue weighted by atomic mass is 10.0. The van der Waals surface area contributed by atoms with Gasteiger partial charge in [0.05, 0.1) is 5.02 Å². The van der Waals surface area contributed by atoms with Crippen LogP contribution in [0.2, 0.25) is 9.36 Å². The highest BCUT2D eigenvalue weighted by Crippen LogP contribution is 2.32. The number of thiophene rings is 1. The Bertz CT molecular complexity index is 393. The molecule has 0 fully saturated rings. The number of nitrogens with one attached hydrogen (secondary N) is 1. The first-order valence-electron chi connectivity index (χ1n) is 5.29. The van der Waals surface area contributed by atoms with E-state index in [1.807, 2.05) is 19.2 Å². The van der Waals surface area contributed by atoms with Crippen LogP contribution in [0.4, 0.5) is 0 Å². The van der Waals surface area contributed by atoms with E-state index in [0.717, 1.165) is 5.56 Å². The van der Waals surface area contributed by atoms with Crippen molar-refractivity contribution in [3.05, 3.63) is 20.3 Å². The fraction of sp³-hybridized carbons (Fsp3) is 0.545. The minimum absolute atomic E-state index is 0.324. The van der Waals surface area contributed by atoms with Gasteiger partial charge in [0.1, 0.15) is 10.4 Å². The highest BCUT2D eigenvalue weighted by molar-refractivity contribution is 7.15. The van der Waals surface area contributed by atoms with Gasteiger partial charge in [0.25, 0.3) is 0 Å². The molecular weight excluding hydrogens is 281 g/mol. The van der Waals surface area contributed by atoms with E-state index in [0.29, 0.717) is 28.2 Å². The number of carboxylic acid groups (broad SMARTS) is 1. The average Bonchev–Trinajstić information content (AvgIpc) is 2.54. The Kier molecular flexibility index (Phi) is 5.73. The van der Waals surface area contributed by atoms with Gasteiger partial charge in [-0.2, -0.15) is 0 Å². The lowest BCUT2D eigenvalue weighted by molar-refractivity contribution is -0.140. The lowest BCUT2D eigenvalue weighted by Crippen LogP contribution is -2.37. The summed E-state index contributed by atoms with van der Waals surface area (Å²) < 4.78 is 0.541. The third-order valence-electron chi connectivity index (χ3n) is 2.30. The molecule has 0 aliphatic carbocycles. The quantitative estimate of drug-likeness (QED) is 0.842. The summed E-state index contributed by atoms with van der Waals surface area (Å²) in [6.07, 6.45) is 0.588. The second-order valence-electron chi connectivity index (χ2n) is 4.25. The van der Waals surface area contributed by atoms with Crippen LogP contribution in [-0.2, 0) is 11.3 Å². The third kappa shape index (κ3) is 4.47. The number of carbonyl (C=O) groups is 1. The van der Waals surface area contributed by atoms with Gasteiger partial charge in [-0.1, -0.05) is 37.0 Å². The number of hydrogen-bond acceptors (Lipinski definition) is 3. The highest BCUT2D eigenvalue weighted by atomic mass is 35.5. The molecule has 0 amide bonds. The number of halogens is 2. The van der Waals surface area contributed by atoms with E-state index in [1.165, 1.54) is 11.3 Å². The van der Waals surface area contributed by atoms with E-state index >= 15 is 0 Å². The summed E-state index contributed by atoms with van der Waals surface area (Å²) >= 11 is 13.2. The average molecular weight is 296 g/mol. The molecule has 1 heterocycles. The maximum absolute atomic E-state index is 11.0. The Labute approximate surface area is 115 Å². The van der Waals surface area contributed by atoms with Crippen molar-refractivity contribution in [2.45, 2.75) is 32.9 Å². The third-order valence-corrected chi connectivity index (χ3v) is 4.21. The van der Waals surface area contributed by atoms with Crippen LogP contribution < -0.4 is 5.32 Å². The van der Waals surface area contributed by atoms with Crippen molar-refractivity contribution in [1.82, 2.24) is 5.32 Å². The van der Waals surface area contributed by atoms with Crippen LogP contribution in [0.3, 0.4) is 0 Å². The van der Waals surface area contributed by atoms with Crippen molar-refractivity contribution in [1.29, 1.82) is 0 Å². The molecular formula is C11H15Cl2NO2S. The van der Waals surface area contributed by atoms with E-state index in [9.17, 15) is 4.79 Å². The maximum Gasteiger partial charge on any atom is 0.320 e. The summed E-state index contributed by atoms with van der Waals surface area (Å²) in [5.74, 6) is -0.513. The van der Waals surface area contributed by atoms with Gasteiger partial charge in [-0.05, 0) is 23.3 Å². The second-order valence-corrected chi connectivity index (χ2v) is 6.11. The highest BCUT2D eigenvalue weighted by Gasteiger charge is 2.19. The molecule has 1 aromatic heterocycles. The smallest absolute Gasteiger partial charge is 0.320 e. The Morgan fingerprint density at radius 2 is 2.18 bits per heavy atom. The van der Waals surface area contributed by atoms with E-state index in [2.05, 4.69) is 5.32 Å². The van der Waals surface area contributed by atoms with Crippen molar-refractivity contribution in [3.63, 3.8) is 0 Å². The number of aliphatic carboxylic acids is 1. The first-order valence-corrected chi connectivity index (χ1v) is 6.93. The van der Waals surface area contributed by atoms with Gasteiger partial charge < -0.3 is 10.4 Å². The fourth-order valence-corrected chi connectivity index (χ4v) is 2.70. The molecule has 0 saturated carbocycles. The van der Waals surface area contributed by atoms with Gasteiger partial charge in [-0.3, -0.25) is 4.79 Å². The molecule has 96 valence electrons. The number of hydrogen-bond donors (Lipinski definition) is 2. The van der Waals surface area contributed by atoms with Gasteiger partial charge in [0.2, 0.25) is 0 Å². The largest absolute Gasteiger partial charge is 0.480 e. The van der Waals surface area contributed by atoms with Gasteiger partial charge in [-0.15, -0.1) is 11.3 Å². The molecule has 1 atom stereocenters. The molecule has 6 heteroatoms. The predicted octanol–water partition coefficient (Wildman–Crippen LogP) is 3.64. The molecule has 0 aliphatic heterocycles. The molecule has 0 saturated heterocycles. The second kappa shape index (κ2) is 6.59. The summed E-state index contributed by atoms with van der Waals surface area (Å²) in [6.45, 7) is 4.41. The summed E-state index contributed by atoms with van der Waals surface area (Å²) in [4.78, 5) is 11.0. The van der Waals surface area contributed by atoms with E-state index in [4.69, 9.17) is 28.3 Å². The van der Waals surface area contributed by atoms with Gasteiger partial charge >= 0.3 is 5.97 Å². The molecule has 0 bridgehead atoms. The van der Waals surface area contributed by atoms with E-state index in [1.54, 1.807) is 0 Å². The van der Waals surface area contributed by atoms with Crippen molar-refractivity contribution in [3.8, 4) is 0 Å². The normalized spacial score (nSPS) is 13.0. The summed E-state index contributed by atoms with van der Waals surface area (Å²) in [6, 6.07) is -0.551. The fourth-order valence-electron chi connectivity index (χ4n) is 1.45. The minimum Gasteiger partial charge on any atom is -0.480 e. The molecule has 0 aliphatic rings. The molecule has 0 unspecified atom stereocenters. The zero-order valence-corrected chi connectivity index (χ0v) is 12.0. The molecule has 2 N–H and O–H groups in total. The molecule has 0 spiro atoms. The SMILES string of the molecule is CC(C)C[C@@H](NCc1csc(Cl)c1Cl)C(=O)O. The summed E-state index contributed by atoms with van der Waals surface area (Å²) in [5, 5.41) is 14.4. The van der Waals surface area contributed by atoms with Gasteiger partial charge in [0.15, 0.2) is 0 Å². The van der Waals surface area contributed by atoms with Crippen molar-refractivity contribution >= 4 is 40.5 Å². The van der Waals surface area contributed by atoms with E-state index in [-0.39, 0.29) is 0 Å². The van der Waals surface area contributed by atoms with Crippen LogP contribution in [0, 0.1) is 5.92 Å². The predicted molar refractivity (Wildman–Crippen MR) is 72.1 cm³/mol. The zero-order chi connectivity index (χ0) is 13.0. The Morgan fingerprint density at radius 1 is 1.53 bits per heavy atom. The summed E-state index contributed by atoms with van der Waals surface area (Å²) in [7, 11) is 0. The molecule has 0 radical (unpaired) electrons. The van der Waals surface area contributed by atoms with Crippen LogP contribution >= 0.6 is 34.5 Å². The topological polar surface area (TPSA) is 49.3 Å². The standard InChI is InChI=1S/C11H15Cl2NO2S/c1-6(2)3-8(11(15)16)14-4-7-5-17-10(13)9(7)12/h5-6,8,14H,3-4H2,1-2H3,(H,15,16)/t8-/m1/s1. The van der Waals surface area contributed by atoms with Crippen LogP contribution in [0.5, 0.6) is 0 Å². The van der Waals surface area contributed by atoms with E-state index < -0.39 is 12.0 Å². The Hall–Kier alpha value is -0.290. The van der Waals surface area contributed by atoms with Crippen LogP contribution in [-0.4, -0.2) is 17.1 Å². The first kappa shape index (κ1) is 14.8. The van der Waals surface area contributed by atoms with Gasteiger partial charge in [-0.25, -0.2) is 0 Å². The van der Waals surface area contributed by atoms with Crippen molar-refractivity contribution in [2.24, 2.45) is 5.92 Å². The molecule has 17 heavy (non-hydrogen) atoms. The van der Waals surface area contributed by atoms with Crippen molar-refractivity contribution in [2.75, 3.05) is 0 Å². The molecule has 0 aromatic carbocycles. The number of carboxylic acids is 1. The molecule has 1 rings (SSSR count). The van der Waals surface area contributed by atoms with Crippen molar-refractivity contribution < 1.29 is 9.90 Å². The summed E-state index contributed by atoms with van der Waals surface area (Å²) in [5.41, 5.74) is 0.844. The lowest BCUT2D eigenvalue weighted by Gasteiger charge is -2.16. The Morgan fingerprint density at radius 3 is 2.59 bits per heavy atom. The first-order chi connectivity index (χ1) is 7.91. The monoisotopic (exact) mass is 295 g/mol. The molecule has 3 nitrogen and oxygen atoms in total. The maximum atomic E-state index is 11.0. The van der Waals surface area contributed by atoms with Crippen LogP contribution in [0.25, 0.3) is 0 Å². The van der Waals surface area contributed by atoms with Gasteiger partial charge in [0, 0.05) is 6.54 Å².